The molecule has 0 saturated carbocycles. The number of halogens is 1. The molecule has 0 radical (unpaired) electrons. The Morgan fingerprint density at radius 1 is 1.21 bits per heavy atom. The normalized spacial score (nSPS) is 11.5. The van der Waals surface area contributed by atoms with Gasteiger partial charge in [0.1, 0.15) is 4.66 Å². The molecule has 0 aliphatic rings. The highest BCUT2D eigenvalue weighted by Crippen LogP contribution is 1.99. The van der Waals surface area contributed by atoms with E-state index < -0.39 is 10.0 Å². The first-order valence-corrected chi connectivity index (χ1v) is 6.98. The van der Waals surface area contributed by atoms with Gasteiger partial charge >= 0.3 is 0 Å². The Hall–Kier alpha value is -0.390. The van der Waals surface area contributed by atoms with Crippen molar-refractivity contribution in [2.45, 2.75) is 6.42 Å². The number of nitrogens with one attached hydrogen (secondary N) is 1. The zero-order valence-corrected chi connectivity index (χ0v) is 10.0. The van der Waals surface area contributed by atoms with Gasteiger partial charge in [-0.15, -0.1) is 0 Å². The lowest BCUT2D eigenvalue weighted by molar-refractivity contribution is 0.587. The van der Waals surface area contributed by atoms with E-state index >= 15 is 0 Å². The van der Waals surface area contributed by atoms with Crippen molar-refractivity contribution in [3.63, 3.8) is 0 Å². The van der Waals surface area contributed by atoms with Crippen LogP contribution in [0.15, 0.2) is 30.3 Å². The van der Waals surface area contributed by atoms with Gasteiger partial charge in [-0.3, -0.25) is 0 Å². The molecular weight excluding hydrogens is 266 g/mol. The van der Waals surface area contributed by atoms with Gasteiger partial charge in [-0.25, -0.2) is 13.1 Å². The van der Waals surface area contributed by atoms with Crippen LogP contribution in [-0.4, -0.2) is 19.6 Å². The molecule has 5 heteroatoms. The fourth-order valence-corrected chi connectivity index (χ4v) is 2.01. The van der Waals surface area contributed by atoms with Crippen molar-refractivity contribution in [3.05, 3.63) is 35.9 Å². The molecule has 0 fully saturated rings. The molecule has 3 nitrogen and oxygen atoms in total. The number of hydrogen-bond acceptors (Lipinski definition) is 2. The predicted octanol–water partition coefficient (Wildman–Crippen LogP) is 1.50. The van der Waals surface area contributed by atoms with Crippen LogP contribution in [-0.2, 0) is 16.4 Å². The zero-order chi connectivity index (χ0) is 10.4. The molecule has 0 amide bonds. The van der Waals surface area contributed by atoms with E-state index in [1.54, 1.807) is 0 Å². The monoisotopic (exact) mass is 277 g/mol. The first-order chi connectivity index (χ1) is 6.64. The summed E-state index contributed by atoms with van der Waals surface area (Å²) in [6.07, 6.45) is 0.715. The minimum absolute atomic E-state index is 0.0468. The molecule has 0 spiro atoms. The molecule has 1 N–H and O–H groups in total. The Bertz CT molecular complexity index is 364. The van der Waals surface area contributed by atoms with E-state index in [-0.39, 0.29) is 4.66 Å². The van der Waals surface area contributed by atoms with E-state index in [9.17, 15) is 8.42 Å². The van der Waals surface area contributed by atoms with Crippen LogP contribution in [0.4, 0.5) is 0 Å². The van der Waals surface area contributed by atoms with Crippen molar-refractivity contribution in [1.29, 1.82) is 0 Å². The standard InChI is InChI=1S/C9H12BrNO2S/c10-8-14(12,13)11-7-6-9-4-2-1-3-5-9/h1-5,11H,6-8H2. The highest BCUT2D eigenvalue weighted by Gasteiger charge is 2.05. The summed E-state index contributed by atoms with van der Waals surface area (Å²) in [5, 5.41) is 0. The molecule has 0 bridgehead atoms. The highest BCUT2D eigenvalue weighted by atomic mass is 79.9. The zero-order valence-electron chi connectivity index (χ0n) is 7.61. The molecule has 1 rings (SSSR count). The molecule has 1 aromatic rings. The number of sulfonamides is 1. The van der Waals surface area contributed by atoms with Crippen molar-refractivity contribution in [2.75, 3.05) is 11.2 Å². The maximum absolute atomic E-state index is 11.0. The Labute approximate surface area is 92.7 Å². The van der Waals surface area contributed by atoms with Crippen molar-refractivity contribution in [3.8, 4) is 0 Å². The molecule has 1 aromatic carbocycles. The number of alkyl halides is 1. The summed E-state index contributed by atoms with van der Waals surface area (Å²) in [6, 6.07) is 9.76. The third-order valence-electron chi connectivity index (χ3n) is 1.72. The fourth-order valence-electron chi connectivity index (χ4n) is 1.03. The lowest BCUT2D eigenvalue weighted by Crippen LogP contribution is -2.26. The summed E-state index contributed by atoms with van der Waals surface area (Å²) in [5.41, 5.74) is 1.13. The molecule has 0 unspecified atom stereocenters. The van der Waals surface area contributed by atoms with Gasteiger partial charge in [0.25, 0.3) is 0 Å². The number of benzene rings is 1. The van der Waals surface area contributed by atoms with E-state index in [1.165, 1.54) is 0 Å². The Kier molecular flexibility index (Phi) is 4.57. The van der Waals surface area contributed by atoms with Gasteiger partial charge in [0.05, 0.1) is 0 Å². The summed E-state index contributed by atoms with van der Waals surface area (Å²) in [7, 11) is -3.12. The highest BCUT2D eigenvalue weighted by molar-refractivity contribution is 9.10. The second kappa shape index (κ2) is 5.48. The molecule has 0 aliphatic carbocycles. The van der Waals surface area contributed by atoms with Crippen LogP contribution in [0.25, 0.3) is 0 Å². The minimum atomic E-state index is -3.12. The summed E-state index contributed by atoms with van der Waals surface area (Å²) >= 11 is 2.91. The lowest BCUT2D eigenvalue weighted by atomic mass is 10.2. The van der Waals surface area contributed by atoms with Gasteiger partial charge in [-0.2, -0.15) is 0 Å². The van der Waals surface area contributed by atoms with E-state index in [1.807, 2.05) is 30.3 Å². The first-order valence-electron chi connectivity index (χ1n) is 4.21. The smallest absolute Gasteiger partial charge is 0.214 e. The quantitative estimate of drug-likeness (QED) is 0.830. The molecule has 0 aliphatic heterocycles. The predicted molar refractivity (Wildman–Crippen MR) is 60.9 cm³/mol. The number of rotatable bonds is 5. The Balaban J connectivity index is 2.37. The summed E-state index contributed by atoms with van der Waals surface area (Å²) in [6.45, 7) is 0.442. The van der Waals surface area contributed by atoms with Crippen LogP contribution in [0.3, 0.4) is 0 Å². The minimum Gasteiger partial charge on any atom is -0.214 e. The fraction of sp³-hybridized carbons (Fsp3) is 0.333. The van der Waals surface area contributed by atoms with Gasteiger partial charge in [-0.1, -0.05) is 46.3 Å². The molecule has 14 heavy (non-hydrogen) atoms. The molecular formula is C9H12BrNO2S. The van der Waals surface area contributed by atoms with Crippen molar-refractivity contribution in [1.82, 2.24) is 4.72 Å². The topological polar surface area (TPSA) is 46.2 Å². The molecule has 0 aromatic heterocycles. The van der Waals surface area contributed by atoms with Crippen LogP contribution in [0.5, 0.6) is 0 Å². The van der Waals surface area contributed by atoms with Crippen molar-refractivity contribution in [2.24, 2.45) is 0 Å². The van der Waals surface area contributed by atoms with Gasteiger partial charge < -0.3 is 0 Å². The van der Waals surface area contributed by atoms with Crippen molar-refractivity contribution < 1.29 is 8.42 Å². The average Bonchev–Trinajstić information content (AvgIpc) is 2.19. The summed E-state index contributed by atoms with van der Waals surface area (Å²) in [4.78, 5) is 0. The summed E-state index contributed by atoms with van der Waals surface area (Å²) in [5.74, 6) is 0. The van der Waals surface area contributed by atoms with Crippen LogP contribution in [0.2, 0.25) is 0 Å². The van der Waals surface area contributed by atoms with Crippen LogP contribution in [0, 0.1) is 0 Å². The molecule has 78 valence electrons. The maximum atomic E-state index is 11.0. The molecule has 0 heterocycles. The van der Waals surface area contributed by atoms with E-state index in [4.69, 9.17) is 0 Å². The second-order valence-corrected chi connectivity index (χ2v) is 5.96. The van der Waals surface area contributed by atoms with Gasteiger partial charge in [-0.05, 0) is 12.0 Å². The first kappa shape index (κ1) is 11.7. The van der Waals surface area contributed by atoms with Gasteiger partial charge in [0.2, 0.25) is 10.0 Å². The van der Waals surface area contributed by atoms with E-state index in [2.05, 4.69) is 20.7 Å². The Morgan fingerprint density at radius 3 is 2.43 bits per heavy atom. The lowest BCUT2D eigenvalue weighted by Gasteiger charge is -2.03. The third-order valence-corrected chi connectivity index (χ3v) is 4.46. The third kappa shape index (κ3) is 4.21. The maximum Gasteiger partial charge on any atom is 0.221 e. The second-order valence-electron chi connectivity index (χ2n) is 2.85. The van der Waals surface area contributed by atoms with E-state index in [0.29, 0.717) is 13.0 Å². The van der Waals surface area contributed by atoms with Crippen LogP contribution in [0.1, 0.15) is 5.56 Å². The number of hydrogen-bond donors (Lipinski definition) is 1. The largest absolute Gasteiger partial charge is 0.221 e. The molecule has 0 atom stereocenters. The van der Waals surface area contributed by atoms with Crippen LogP contribution < -0.4 is 4.72 Å². The SMILES string of the molecule is O=S(=O)(CBr)NCCc1ccccc1. The van der Waals surface area contributed by atoms with Crippen LogP contribution >= 0.6 is 15.9 Å². The Morgan fingerprint density at radius 2 is 1.86 bits per heavy atom. The van der Waals surface area contributed by atoms with E-state index in [0.717, 1.165) is 5.56 Å². The summed E-state index contributed by atoms with van der Waals surface area (Å²) < 4.78 is 24.5. The molecule has 0 saturated heterocycles. The van der Waals surface area contributed by atoms with Crippen molar-refractivity contribution >= 4 is 26.0 Å². The van der Waals surface area contributed by atoms with Gasteiger partial charge in [0.15, 0.2) is 0 Å². The average molecular weight is 278 g/mol. The van der Waals surface area contributed by atoms with Gasteiger partial charge in [0, 0.05) is 6.54 Å².